The molecule has 1 heterocycles. The van der Waals surface area contributed by atoms with Gasteiger partial charge in [0.1, 0.15) is 0 Å². The van der Waals surface area contributed by atoms with Gasteiger partial charge in [-0.3, -0.25) is 14.7 Å². The summed E-state index contributed by atoms with van der Waals surface area (Å²) in [7, 11) is 1.34. The van der Waals surface area contributed by atoms with E-state index in [0.29, 0.717) is 5.56 Å². The van der Waals surface area contributed by atoms with Gasteiger partial charge in [0, 0.05) is 10.9 Å². The average Bonchev–Trinajstić information content (AvgIpc) is 3.13. The molecule has 0 aliphatic heterocycles. The summed E-state index contributed by atoms with van der Waals surface area (Å²) < 4.78 is 4.85. The van der Waals surface area contributed by atoms with Crippen LogP contribution in [0.3, 0.4) is 0 Å². The first-order chi connectivity index (χ1) is 12.1. The Hall–Kier alpha value is -3.15. The van der Waals surface area contributed by atoms with Crippen molar-refractivity contribution in [3.05, 3.63) is 65.9 Å². The van der Waals surface area contributed by atoms with Crippen LogP contribution >= 0.6 is 0 Å². The second-order valence-corrected chi connectivity index (χ2v) is 5.85. The standard InChI is InChI=1S/C19H19N3O3/c1-12(19(24)25-2)17(13-6-4-3-5-7-13)21-18(23)14-8-9-16-15(10-14)11-20-22-16/h3-12,17H,1-2H3,(H,20,22)(H,21,23)/t12-,17-/m1/s1. The number of H-pyrrole nitrogens is 1. The topological polar surface area (TPSA) is 84.1 Å². The van der Waals surface area contributed by atoms with Crippen molar-refractivity contribution < 1.29 is 14.3 Å². The van der Waals surface area contributed by atoms with Crippen LogP contribution in [0.1, 0.15) is 28.9 Å². The smallest absolute Gasteiger partial charge is 0.310 e. The summed E-state index contributed by atoms with van der Waals surface area (Å²) >= 11 is 0. The lowest BCUT2D eigenvalue weighted by molar-refractivity contribution is -0.145. The fourth-order valence-corrected chi connectivity index (χ4v) is 2.79. The lowest BCUT2D eigenvalue weighted by atomic mass is 9.94. The molecule has 0 saturated heterocycles. The maximum absolute atomic E-state index is 12.7. The zero-order valence-corrected chi connectivity index (χ0v) is 14.0. The number of nitrogens with zero attached hydrogens (tertiary/aromatic N) is 1. The van der Waals surface area contributed by atoms with Crippen LogP contribution in [0.25, 0.3) is 10.9 Å². The van der Waals surface area contributed by atoms with E-state index in [1.807, 2.05) is 30.3 Å². The highest BCUT2D eigenvalue weighted by Crippen LogP contribution is 2.24. The van der Waals surface area contributed by atoms with Gasteiger partial charge in [-0.15, -0.1) is 0 Å². The van der Waals surface area contributed by atoms with Crippen molar-refractivity contribution in [2.24, 2.45) is 5.92 Å². The van der Waals surface area contributed by atoms with Crippen LogP contribution in [-0.4, -0.2) is 29.2 Å². The molecule has 2 atom stereocenters. The molecule has 6 nitrogen and oxygen atoms in total. The van der Waals surface area contributed by atoms with Gasteiger partial charge in [-0.25, -0.2) is 0 Å². The Morgan fingerprint density at radius 3 is 2.64 bits per heavy atom. The predicted octanol–water partition coefficient (Wildman–Crippen LogP) is 2.84. The molecule has 2 aromatic carbocycles. The summed E-state index contributed by atoms with van der Waals surface area (Å²) in [6.45, 7) is 1.74. The number of esters is 1. The molecule has 6 heteroatoms. The summed E-state index contributed by atoms with van der Waals surface area (Å²) in [6, 6.07) is 14.2. The fraction of sp³-hybridized carbons (Fsp3) is 0.211. The van der Waals surface area contributed by atoms with Crippen molar-refractivity contribution in [3.63, 3.8) is 0 Å². The molecule has 0 aliphatic carbocycles. The number of hydrogen-bond acceptors (Lipinski definition) is 4. The molecule has 25 heavy (non-hydrogen) atoms. The van der Waals surface area contributed by atoms with Crippen LogP contribution in [0.2, 0.25) is 0 Å². The number of carbonyl (C=O) groups is 2. The van der Waals surface area contributed by atoms with Gasteiger partial charge in [0.2, 0.25) is 0 Å². The van der Waals surface area contributed by atoms with Gasteiger partial charge < -0.3 is 10.1 Å². The molecule has 0 unspecified atom stereocenters. The molecule has 1 aromatic heterocycles. The Balaban J connectivity index is 1.88. The molecular formula is C19H19N3O3. The SMILES string of the molecule is COC(=O)[C@H](C)[C@@H](NC(=O)c1ccc2[nH]ncc2c1)c1ccccc1. The van der Waals surface area contributed by atoms with Crippen LogP contribution in [0.4, 0.5) is 0 Å². The summed E-state index contributed by atoms with van der Waals surface area (Å²) in [6.07, 6.45) is 1.66. The monoisotopic (exact) mass is 337 g/mol. The Bertz CT molecular complexity index is 889. The van der Waals surface area contributed by atoms with Crippen molar-refractivity contribution >= 4 is 22.8 Å². The lowest BCUT2D eigenvalue weighted by Gasteiger charge is -2.24. The molecule has 2 N–H and O–H groups in total. The summed E-state index contributed by atoms with van der Waals surface area (Å²) in [5.41, 5.74) is 2.21. The quantitative estimate of drug-likeness (QED) is 0.701. The third-order valence-corrected chi connectivity index (χ3v) is 4.22. The van der Waals surface area contributed by atoms with E-state index in [1.54, 1.807) is 31.3 Å². The first-order valence-electron chi connectivity index (χ1n) is 7.97. The maximum atomic E-state index is 12.7. The second kappa shape index (κ2) is 7.17. The van der Waals surface area contributed by atoms with Crippen molar-refractivity contribution in [2.75, 3.05) is 7.11 Å². The van der Waals surface area contributed by atoms with Crippen LogP contribution in [0, 0.1) is 5.92 Å². The molecule has 1 amide bonds. The molecular weight excluding hydrogens is 318 g/mol. The molecule has 0 radical (unpaired) electrons. The van der Waals surface area contributed by atoms with Gasteiger partial charge in [0.25, 0.3) is 5.91 Å². The number of amides is 1. The maximum Gasteiger partial charge on any atom is 0.310 e. The van der Waals surface area contributed by atoms with E-state index in [0.717, 1.165) is 16.5 Å². The van der Waals surface area contributed by atoms with Crippen molar-refractivity contribution in [2.45, 2.75) is 13.0 Å². The van der Waals surface area contributed by atoms with Crippen molar-refractivity contribution in [1.82, 2.24) is 15.5 Å². The molecule has 0 aliphatic rings. The van der Waals surface area contributed by atoms with E-state index < -0.39 is 12.0 Å². The van der Waals surface area contributed by atoms with E-state index in [-0.39, 0.29) is 11.9 Å². The van der Waals surface area contributed by atoms with Crippen molar-refractivity contribution in [1.29, 1.82) is 0 Å². The molecule has 0 bridgehead atoms. The molecule has 0 fully saturated rings. The molecule has 3 aromatic rings. The van der Waals surface area contributed by atoms with Gasteiger partial charge in [0.15, 0.2) is 0 Å². The van der Waals surface area contributed by atoms with Crippen LogP contribution in [0.15, 0.2) is 54.7 Å². The van der Waals surface area contributed by atoms with Crippen LogP contribution in [0.5, 0.6) is 0 Å². The van der Waals surface area contributed by atoms with E-state index in [9.17, 15) is 9.59 Å². The molecule has 0 spiro atoms. The number of hydrogen-bond donors (Lipinski definition) is 2. The lowest BCUT2D eigenvalue weighted by Crippen LogP contribution is -2.36. The summed E-state index contributed by atoms with van der Waals surface area (Å²) in [5.74, 6) is -1.15. The van der Waals surface area contributed by atoms with E-state index >= 15 is 0 Å². The Morgan fingerprint density at radius 2 is 1.92 bits per heavy atom. The zero-order chi connectivity index (χ0) is 17.8. The minimum atomic E-state index is -0.519. The van der Waals surface area contributed by atoms with E-state index in [4.69, 9.17) is 4.74 Å². The summed E-state index contributed by atoms with van der Waals surface area (Å²) in [4.78, 5) is 24.7. The van der Waals surface area contributed by atoms with Crippen molar-refractivity contribution in [3.8, 4) is 0 Å². The Kier molecular flexibility index (Phi) is 4.79. The number of fused-ring (bicyclic) bond motifs is 1. The largest absolute Gasteiger partial charge is 0.469 e. The number of ether oxygens (including phenoxy) is 1. The number of carbonyl (C=O) groups excluding carboxylic acids is 2. The second-order valence-electron chi connectivity index (χ2n) is 5.85. The molecule has 0 saturated carbocycles. The Morgan fingerprint density at radius 1 is 1.16 bits per heavy atom. The highest BCUT2D eigenvalue weighted by molar-refractivity contribution is 5.98. The highest BCUT2D eigenvalue weighted by atomic mass is 16.5. The van der Waals surface area contributed by atoms with Gasteiger partial charge in [-0.1, -0.05) is 30.3 Å². The number of aromatic nitrogens is 2. The predicted molar refractivity (Wildman–Crippen MR) is 93.9 cm³/mol. The minimum Gasteiger partial charge on any atom is -0.469 e. The Labute approximate surface area is 145 Å². The highest BCUT2D eigenvalue weighted by Gasteiger charge is 2.28. The molecule has 3 rings (SSSR count). The number of methoxy groups -OCH3 is 1. The summed E-state index contributed by atoms with van der Waals surface area (Å²) in [5, 5.41) is 10.6. The van der Waals surface area contributed by atoms with Crippen LogP contribution in [-0.2, 0) is 9.53 Å². The molecule has 128 valence electrons. The zero-order valence-electron chi connectivity index (χ0n) is 14.0. The number of rotatable bonds is 5. The van der Waals surface area contributed by atoms with Gasteiger partial charge in [-0.2, -0.15) is 5.10 Å². The van der Waals surface area contributed by atoms with Crippen LogP contribution < -0.4 is 5.32 Å². The number of aromatic amines is 1. The van der Waals surface area contributed by atoms with E-state index in [2.05, 4.69) is 15.5 Å². The minimum absolute atomic E-state index is 0.257. The van der Waals surface area contributed by atoms with Gasteiger partial charge >= 0.3 is 5.97 Å². The third-order valence-electron chi connectivity index (χ3n) is 4.22. The number of benzene rings is 2. The number of nitrogens with one attached hydrogen (secondary N) is 2. The first-order valence-corrected chi connectivity index (χ1v) is 7.97. The third kappa shape index (κ3) is 3.52. The van der Waals surface area contributed by atoms with Gasteiger partial charge in [-0.05, 0) is 30.7 Å². The van der Waals surface area contributed by atoms with Gasteiger partial charge in [0.05, 0.1) is 30.8 Å². The average molecular weight is 337 g/mol. The van der Waals surface area contributed by atoms with E-state index in [1.165, 1.54) is 7.11 Å². The normalized spacial score (nSPS) is 13.2. The first kappa shape index (κ1) is 16.7. The fourth-order valence-electron chi connectivity index (χ4n) is 2.79.